The van der Waals surface area contributed by atoms with Crippen LogP contribution >= 0.6 is 0 Å². The maximum atomic E-state index is 12.7. The molecule has 0 fully saturated rings. The summed E-state index contributed by atoms with van der Waals surface area (Å²) in [5, 5.41) is 0.864. The first-order chi connectivity index (χ1) is 13.7. The molecule has 0 saturated carbocycles. The number of aromatic nitrogens is 1. The van der Waals surface area contributed by atoms with E-state index in [0.29, 0.717) is 31.9 Å². The van der Waals surface area contributed by atoms with E-state index in [1.165, 1.54) is 5.56 Å². The third-order valence-corrected chi connectivity index (χ3v) is 4.83. The summed E-state index contributed by atoms with van der Waals surface area (Å²) in [6.45, 7) is 6.11. The lowest BCUT2D eigenvalue weighted by Gasteiger charge is -2.09. The molecule has 0 unspecified atom stereocenters. The van der Waals surface area contributed by atoms with Crippen molar-refractivity contribution in [2.75, 3.05) is 19.8 Å². The first-order valence-electron chi connectivity index (χ1n) is 9.82. The summed E-state index contributed by atoms with van der Waals surface area (Å²) in [5.74, 6) is 0.462. The highest BCUT2D eigenvalue weighted by atomic mass is 16.5. The number of hydrogen-bond acceptors (Lipinski definition) is 4. The van der Waals surface area contributed by atoms with Crippen LogP contribution in [-0.4, -0.2) is 30.3 Å². The Balaban J connectivity index is 2.00. The van der Waals surface area contributed by atoms with Crippen LogP contribution in [-0.2, 0) is 11.3 Å². The number of carbonyl (C=O) groups is 1. The fourth-order valence-corrected chi connectivity index (χ4v) is 3.42. The molecule has 28 heavy (non-hydrogen) atoms. The monoisotopic (exact) mass is 380 g/mol. The van der Waals surface area contributed by atoms with E-state index in [1.54, 1.807) is 0 Å². The fraction of sp³-hybridized carbons (Fsp3) is 0.348. The van der Waals surface area contributed by atoms with Crippen LogP contribution in [0.4, 0.5) is 0 Å². The van der Waals surface area contributed by atoms with E-state index in [-0.39, 0.29) is 5.97 Å². The Labute approximate surface area is 166 Å². The van der Waals surface area contributed by atoms with Gasteiger partial charge in [0.05, 0.1) is 18.8 Å². The molecule has 2 aromatic carbocycles. The Morgan fingerprint density at radius 1 is 1.11 bits per heavy atom. The van der Waals surface area contributed by atoms with Gasteiger partial charge in [-0.25, -0.2) is 4.79 Å². The Kier molecular flexibility index (Phi) is 6.71. The zero-order valence-electron chi connectivity index (χ0n) is 16.6. The molecule has 2 N–H and O–H groups in total. The number of nitrogens with two attached hydrogens (primary N) is 1. The average molecular weight is 380 g/mol. The third-order valence-electron chi connectivity index (χ3n) is 4.83. The molecule has 0 saturated heterocycles. The maximum absolute atomic E-state index is 12.7. The number of benzene rings is 2. The van der Waals surface area contributed by atoms with Crippen LogP contribution in [0, 0.1) is 6.92 Å². The first-order valence-corrected chi connectivity index (χ1v) is 9.82. The minimum atomic E-state index is -0.294. The molecule has 0 spiro atoms. The Morgan fingerprint density at radius 2 is 1.89 bits per heavy atom. The second-order valence-corrected chi connectivity index (χ2v) is 6.78. The molecule has 0 aliphatic heterocycles. The van der Waals surface area contributed by atoms with Crippen molar-refractivity contribution in [2.45, 2.75) is 33.2 Å². The predicted molar refractivity (Wildman–Crippen MR) is 112 cm³/mol. The minimum absolute atomic E-state index is 0.294. The summed E-state index contributed by atoms with van der Waals surface area (Å²) in [4.78, 5) is 12.7. The second kappa shape index (κ2) is 9.42. The lowest BCUT2D eigenvalue weighted by molar-refractivity contribution is 0.0527. The van der Waals surface area contributed by atoms with E-state index >= 15 is 0 Å². The lowest BCUT2D eigenvalue weighted by atomic mass is 10.1. The van der Waals surface area contributed by atoms with E-state index in [9.17, 15) is 4.79 Å². The van der Waals surface area contributed by atoms with Gasteiger partial charge in [-0.2, -0.15) is 0 Å². The summed E-state index contributed by atoms with van der Waals surface area (Å²) in [7, 11) is 0. The number of fused-ring (bicyclic) bond motifs is 1. The summed E-state index contributed by atoms with van der Waals surface area (Å²) < 4.78 is 13.3. The van der Waals surface area contributed by atoms with Crippen molar-refractivity contribution in [3.05, 3.63) is 65.4 Å². The molecular weight excluding hydrogens is 352 g/mol. The minimum Gasteiger partial charge on any atom is -0.494 e. The molecule has 148 valence electrons. The molecule has 5 heteroatoms. The van der Waals surface area contributed by atoms with Gasteiger partial charge >= 0.3 is 5.97 Å². The smallest absolute Gasteiger partial charge is 0.340 e. The van der Waals surface area contributed by atoms with Crippen molar-refractivity contribution in [2.24, 2.45) is 5.73 Å². The quantitative estimate of drug-likeness (QED) is 0.444. The van der Waals surface area contributed by atoms with Gasteiger partial charge in [0.25, 0.3) is 0 Å². The van der Waals surface area contributed by atoms with Crippen LogP contribution in [0.5, 0.6) is 5.75 Å². The molecule has 5 nitrogen and oxygen atoms in total. The second-order valence-electron chi connectivity index (χ2n) is 6.78. The molecule has 0 radical (unpaired) electrons. The van der Waals surface area contributed by atoms with Gasteiger partial charge in [-0.05, 0) is 57.0 Å². The van der Waals surface area contributed by atoms with Crippen LogP contribution in [0.25, 0.3) is 10.9 Å². The molecule has 3 aromatic rings. The third kappa shape index (κ3) is 4.37. The van der Waals surface area contributed by atoms with Crippen LogP contribution in [0.2, 0.25) is 0 Å². The largest absolute Gasteiger partial charge is 0.494 e. The summed E-state index contributed by atoms with van der Waals surface area (Å²) >= 11 is 0. The highest BCUT2D eigenvalue weighted by molar-refractivity contribution is 6.06. The van der Waals surface area contributed by atoms with Gasteiger partial charge in [-0.1, -0.05) is 30.3 Å². The number of carbonyl (C=O) groups excluding carboxylic acids is 1. The van der Waals surface area contributed by atoms with E-state index in [2.05, 4.69) is 16.7 Å². The topological polar surface area (TPSA) is 66.5 Å². The molecule has 0 atom stereocenters. The molecule has 1 heterocycles. The SMILES string of the molecule is CCOC(=O)c1c(C)n(Cc2ccccc2)c2ccc(OCCCCN)cc12. The van der Waals surface area contributed by atoms with E-state index in [0.717, 1.165) is 35.2 Å². The zero-order chi connectivity index (χ0) is 19.9. The van der Waals surface area contributed by atoms with Gasteiger partial charge in [-0.3, -0.25) is 0 Å². The van der Waals surface area contributed by atoms with E-state index in [1.807, 2.05) is 50.2 Å². The van der Waals surface area contributed by atoms with Crippen LogP contribution < -0.4 is 10.5 Å². The van der Waals surface area contributed by atoms with Gasteiger partial charge in [0.15, 0.2) is 0 Å². The zero-order valence-corrected chi connectivity index (χ0v) is 16.6. The summed E-state index contributed by atoms with van der Waals surface area (Å²) in [6, 6.07) is 16.1. The fourth-order valence-electron chi connectivity index (χ4n) is 3.42. The number of hydrogen-bond donors (Lipinski definition) is 1. The Morgan fingerprint density at radius 3 is 2.61 bits per heavy atom. The number of ether oxygens (including phenoxy) is 2. The number of unbranched alkanes of at least 4 members (excludes halogenated alkanes) is 1. The van der Waals surface area contributed by atoms with E-state index < -0.39 is 0 Å². The van der Waals surface area contributed by atoms with Crippen molar-refractivity contribution in [1.82, 2.24) is 4.57 Å². The van der Waals surface area contributed by atoms with Gasteiger partial charge in [0, 0.05) is 23.1 Å². The summed E-state index contributed by atoms with van der Waals surface area (Å²) in [6.07, 6.45) is 1.84. The molecule has 1 aromatic heterocycles. The first kappa shape index (κ1) is 20.0. The molecule has 0 amide bonds. The highest BCUT2D eigenvalue weighted by Crippen LogP contribution is 2.31. The van der Waals surface area contributed by atoms with Crippen molar-refractivity contribution >= 4 is 16.9 Å². The molecular formula is C23H28N2O3. The lowest BCUT2D eigenvalue weighted by Crippen LogP contribution is -2.08. The average Bonchev–Trinajstić information content (AvgIpc) is 2.97. The highest BCUT2D eigenvalue weighted by Gasteiger charge is 2.21. The standard InChI is InChI=1S/C23H28N2O3/c1-3-27-23(26)22-17(2)25(16-18-9-5-4-6-10-18)21-12-11-19(15-20(21)22)28-14-8-7-13-24/h4-6,9-12,15H,3,7-8,13-14,16,24H2,1-2H3. The van der Waals surface area contributed by atoms with Crippen molar-refractivity contribution in [3.8, 4) is 5.75 Å². The van der Waals surface area contributed by atoms with Crippen LogP contribution in [0.1, 0.15) is 41.4 Å². The maximum Gasteiger partial charge on any atom is 0.340 e. The Bertz CT molecular complexity index is 932. The molecule has 0 aliphatic rings. The van der Waals surface area contributed by atoms with E-state index in [4.69, 9.17) is 15.2 Å². The van der Waals surface area contributed by atoms with Crippen molar-refractivity contribution < 1.29 is 14.3 Å². The predicted octanol–water partition coefficient (Wildman–Crippen LogP) is 4.29. The Hall–Kier alpha value is -2.79. The number of esters is 1. The molecule has 3 rings (SSSR count). The summed E-state index contributed by atoms with van der Waals surface area (Å²) in [5.41, 5.74) is 9.23. The normalized spacial score (nSPS) is 11.0. The van der Waals surface area contributed by atoms with Gasteiger partial charge in [0.1, 0.15) is 5.75 Å². The van der Waals surface area contributed by atoms with Crippen molar-refractivity contribution in [3.63, 3.8) is 0 Å². The number of nitrogens with zero attached hydrogens (tertiary/aromatic N) is 1. The van der Waals surface area contributed by atoms with Crippen LogP contribution in [0.3, 0.4) is 0 Å². The van der Waals surface area contributed by atoms with Crippen molar-refractivity contribution in [1.29, 1.82) is 0 Å². The molecule has 0 bridgehead atoms. The van der Waals surface area contributed by atoms with Gasteiger partial charge < -0.3 is 19.8 Å². The molecule has 0 aliphatic carbocycles. The van der Waals surface area contributed by atoms with Gasteiger partial charge in [-0.15, -0.1) is 0 Å². The van der Waals surface area contributed by atoms with Crippen LogP contribution in [0.15, 0.2) is 48.5 Å². The van der Waals surface area contributed by atoms with Gasteiger partial charge in [0.2, 0.25) is 0 Å². The number of rotatable bonds is 9.